The number of aromatic nitrogens is 4. The molecule has 4 rings (SSSR count). The Labute approximate surface area is 162 Å². The molecule has 1 amide bonds. The van der Waals surface area contributed by atoms with Crippen LogP contribution in [0.3, 0.4) is 0 Å². The van der Waals surface area contributed by atoms with Gasteiger partial charge in [0.2, 0.25) is 5.91 Å². The van der Waals surface area contributed by atoms with Crippen molar-refractivity contribution < 1.29 is 4.79 Å². The number of amides is 1. The molecule has 0 unspecified atom stereocenters. The number of hydrogen-bond donors (Lipinski definition) is 1. The summed E-state index contributed by atoms with van der Waals surface area (Å²) in [7, 11) is 0. The molecule has 2 aromatic heterocycles. The van der Waals surface area contributed by atoms with Gasteiger partial charge in [-0.25, -0.2) is 18.9 Å². The third-order valence-corrected chi connectivity index (χ3v) is 6.88. The van der Waals surface area contributed by atoms with Gasteiger partial charge in [0.15, 0.2) is 5.65 Å². The fraction of sp³-hybridized carbons (Fsp3) is 0.684. The molecule has 2 aliphatic carbocycles. The van der Waals surface area contributed by atoms with Crippen molar-refractivity contribution in [1.82, 2.24) is 24.5 Å². The van der Waals surface area contributed by atoms with Gasteiger partial charge in [0, 0.05) is 23.7 Å². The van der Waals surface area contributed by atoms with Crippen LogP contribution in [-0.2, 0) is 11.3 Å². The van der Waals surface area contributed by atoms with Crippen molar-refractivity contribution in [3.05, 3.63) is 22.9 Å². The monoisotopic (exact) mass is 389 g/mol. The topological polar surface area (TPSA) is 81.3 Å². The quantitative estimate of drug-likeness (QED) is 0.850. The molecule has 0 spiro atoms. The second kappa shape index (κ2) is 8.46. The Kier molecular flexibility index (Phi) is 5.80. The SMILES string of the molecule is O=C(Cn1nc2c(SC3CCCCC3)nccn2c1=O)NC1CCCCC1. The van der Waals surface area contributed by atoms with E-state index in [-0.39, 0.29) is 24.2 Å². The van der Waals surface area contributed by atoms with Gasteiger partial charge in [-0.15, -0.1) is 5.10 Å². The molecule has 27 heavy (non-hydrogen) atoms. The summed E-state index contributed by atoms with van der Waals surface area (Å²) < 4.78 is 2.77. The normalized spacial score (nSPS) is 19.4. The van der Waals surface area contributed by atoms with E-state index in [1.165, 1.54) is 47.6 Å². The summed E-state index contributed by atoms with van der Waals surface area (Å²) in [5, 5.41) is 8.80. The van der Waals surface area contributed by atoms with Gasteiger partial charge in [-0.3, -0.25) is 4.79 Å². The zero-order chi connectivity index (χ0) is 18.6. The van der Waals surface area contributed by atoms with Crippen LogP contribution in [0.1, 0.15) is 64.2 Å². The number of hydrogen-bond acceptors (Lipinski definition) is 5. The lowest BCUT2D eigenvalue weighted by Crippen LogP contribution is -2.40. The molecule has 2 saturated carbocycles. The van der Waals surface area contributed by atoms with Crippen molar-refractivity contribution in [2.75, 3.05) is 0 Å². The van der Waals surface area contributed by atoms with E-state index >= 15 is 0 Å². The third kappa shape index (κ3) is 4.36. The molecule has 0 bridgehead atoms. The fourth-order valence-corrected chi connectivity index (χ4v) is 5.36. The molecule has 8 heteroatoms. The first-order chi connectivity index (χ1) is 13.2. The first-order valence-corrected chi connectivity index (χ1v) is 11.0. The smallest absolute Gasteiger partial charge is 0.350 e. The van der Waals surface area contributed by atoms with Crippen LogP contribution in [0.4, 0.5) is 0 Å². The van der Waals surface area contributed by atoms with Crippen molar-refractivity contribution in [3.8, 4) is 0 Å². The highest BCUT2D eigenvalue weighted by Crippen LogP contribution is 2.33. The van der Waals surface area contributed by atoms with E-state index in [4.69, 9.17) is 0 Å². The van der Waals surface area contributed by atoms with Crippen molar-refractivity contribution >= 4 is 23.3 Å². The molecule has 1 N–H and O–H groups in total. The Bertz CT molecular complexity index is 849. The van der Waals surface area contributed by atoms with E-state index in [2.05, 4.69) is 15.4 Å². The summed E-state index contributed by atoms with van der Waals surface area (Å²) in [5.41, 5.74) is 0.278. The van der Waals surface area contributed by atoms with Crippen LogP contribution in [-0.4, -0.2) is 36.4 Å². The summed E-state index contributed by atoms with van der Waals surface area (Å²) in [5.74, 6) is -0.137. The van der Waals surface area contributed by atoms with E-state index in [1.807, 2.05) is 0 Å². The predicted octanol–water partition coefficient (Wildman–Crippen LogP) is 2.76. The highest BCUT2D eigenvalue weighted by Gasteiger charge is 2.21. The molecule has 2 heterocycles. The molecule has 0 saturated heterocycles. The van der Waals surface area contributed by atoms with Crippen molar-refractivity contribution in [2.24, 2.45) is 0 Å². The van der Waals surface area contributed by atoms with Crippen LogP contribution in [0.5, 0.6) is 0 Å². The minimum Gasteiger partial charge on any atom is -0.352 e. The van der Waals surface area contributed by atoms with E-state index in [9.17, 15) is 9.59 Å². The molecule has 0 aliphatic heterocycles. The van der Waals surface area contributed by atoms with Gasteiger partial charge in [0.25, 0.3) is 0 Å². The highest BCUT2D eigenvalue weighted by molar-refractivity contribution is 8.00. The van der Waals surface area contributed by atoms with Gasteiger partial charge < -0.3 is 5.32 Å². The molecule has 0 radical (unpaired) electrons. The van der Waals surface area contributed by atoms with Crippen LogP contribution < -0.4 is 11.0 Å². The van der Waals surface area contributed by atoms with Crippen molar-refractivity contribution in [2.45, 2.75) is 87.1 Å². The van der Waals surface area contributed by atoms with Gasteiger partial charge in [-0.05, 0) is 25.7 Å². The first-order valence-electron chi connectivity index (χ1n) is 10.1. The number of nitrogens with one attached hydrogen (secondary N) is 1. The lowest BCUT2D eigenvalue weighted by atomic mass is 9.95. The maximum atomic E-state index is 12.6. The standard InChI is InChI=1S/C19H27N5O2S/c25-16(21-14-7-3-1-4-8-14)13-24-19(26)23-12-11-20-18(17(23)22-24)27-15-9-5-2-6-10-15/h11-12,14-15H,1-10,13H2,(H,21,25). The zero-order valence-corrected chi connectivity index (χ0v) is 16.4. The van der Waals surface area contributed by atoms with E-state index in [1.54, 1.807) is 24.2 Å². The van der Waals surface area contributed by atoms with Crippen molar-refractivity contribution in [1.29, 1.82) is 0 Å². The zero-order valence-electron chi connectivity index (χ0n) is 15.6. The molecule has 2 aliphatic rings. The summed E-state index contributed by atoms with van der Waals surface area (Å²) >= 11 is 1.72. The van der Waals surface area contributed by atoms with Gasteiger partial charge >= 0.3 is 5.69 Å². The maximum Gasteiger partial charge on any atom is 0.350 e. The van der Waals surface area contributed by atoms with Gasteiger partial charge in [0.05, 0.1) is 0 Å². The number of rotatable bonds is 5. The summed E-state index contributed by atoms with van der Waals surface area (Å²) in [6, 6.07) is 0.234. The number of carbonyl (C=O) groups is 1. The molecule has 146 valence electrons. The van der Waals surface area contributed by atoms with Crippen LogP contribution in [0, 0.1) is 0 Å². The average molecular weight is 390 g/mol. The highest BCUT2D eigenvalue weighted by atomic mass is 32.2. The lowest BCUT2D eigenvalue weighted by molar-refractivity contribution is -0.122. The van der Waals surface area contributed by atoms with Crippen LogP contribution in [0.15, 0.2) is 22.2 Å². The Morgan fingerprint density at radius 3 is 2.56 bits per heavy atom. The van der Waals surface area contributed by atoms with E-state index in [0.717, 1.165) is 30.7 Å². The summed E-state index contributed by atoms with van der Waals surface area (Å²) in [4.78, 5) is 29.5. The van der Waals surface area contributed by atoms with E-state index in [0.29, 0.717) is 10.9 Å². The summed E-state index contributed by atoms with van der Waals surface area (Å²) in [6.07, 6.45) is 15.1. The number of nitrogens with zero attached hydrogens (tertiary/aromatic N) is 4. The van der Waals surface area contributed by atoms with Crippen LogP contribution >= 0.6 is 11.8 Å². The fourth-order valence-electron chi connectivity index (χ4n) is 4.11. The molecule has 7 nitrogen and oxygen atoms in total. The molecule has 0 atom stereocenters. The Hall–Kier alpha value is -1.83. The molecule has 2 aromatic rings. The largest absolute Gasteiger partial charge is 0.352 e. The number of fused-ring (bicyclic) bond motifs is 1. The summed E-state index contributed by atoms with van der Waals surface area (Å²) in [6.45, 7) is -0.0372. The number of carbonyl (C=O) groups excluding carboxylic acids is 1. The second-order valence-corrected chi connectivity index (χ2v) is 8.94. The number of thioether (sulfide) groups is 1. The van der Waals surface area contributed by atoms with Crippen molar-refractivity contribution in [3.63, 3.8) is 0 Å². The Morgan fingerprint density at radius 1 is 1.11 bits per heavy atom. The Morgan fingerprint density at radius 2 is 1.81 bits per heavy atom. The van der Waals surface area contributed by atoms with Crippen LogP contribution in [0.2, 0.25) is 0 Å². The molecule has 0 aromatic carbocycles. The molecular formula is C19H27N5O2S. The lowest BCUT2D eigenvalue weighted by Gasteiger charge is -2.22. The average Bonchev–Trinajstić information content (AvgIpc) is 3.00. The van der Waals surface area contributed by atoms with E-state index < -0.39 is 0 Å². The minimum absolute atomic E-state index is 0.0372. The maximum absolute atomic E-state index is 12.6. The van der Waals surface area contributed by atoms with Gasteiger partial charge in [-0.2, -0.15) is 0 Å². The predicted molar refractivity (Wildman–Crippen MR) is 105 cm³/mol. The van der Waals surface area contributed by atoms with Crippen LogP contribution in [0.25, 0.3) is 5.65 Å². The third-order valence-electron chi connectivity index (χ3n) is 5.56. The second-order valence-electron chi connectivity index (χ2n) is 7.65. The first kappa shape index (κ1) is 18.5. The minimum atomic E-state index is -0.281. The Balaban J connectivity index is 1.49. The molecular weight excluding hydrogens is 362 g/mol. The molecule has 2 fully saturated rings. The van der Waals surface area contributed by atoms with Gasteiger partial charge in [0.1, 0.15) is 11.6 Å². The van der Waals surface area contributed by atoms with Gasteiger partial charge in [-0.1, -0.05) is 50.3 Å².